The highest BCUT2D eigenvalue weighted by Crippen LogP contribution is 2.20. The number of carbonyl (C=O) groups excluding carboxylic acids is 3. The van der Waals surface area contributed by atoms with Gasteiger partial charge in [-0.05, 0) is 50.1 Å². The molecule has 0 saturated heterocycles. The molecule has 0 saturated carbocycles. The molecule has 9 heteroatoms. The second-order valence-electron chi connectivity index (χ2n) is 9.36. The topological polar surface area (TPSA) is 133 Å². The molecule has 0 aliphatic rings. The number of benzene rings is 2. The molecule has 36 heavy (non-hydrogen) atoms. The summed E-state index contributed by atoms with van der Waals surface area (Å²) in [6.45, 7) is 5.19. The van der Waals surface area contributed by atoms with Crippen LogP contribution < -0.4 is 10.6 Å². The average molecular weight is 491 g/mol. The number of para-hydroxylation sites is 1. The van der Waals surface area contributed by atoms with Crippen molar-refractivity contribution in [2.45, 2.75) is 51.3 Å². The number of methoxy groups -OCH3 is 1. The second kappa shape index (κ2) is 11.4. The SMILES string of the molecule is COC(=O)[C@H](Cc1ccc(C#N)cc1)NC(=O)[C@H](Cc1c[nH]c2ccccc12)NC(=O)OC(C)(C)C. The Labute approximate surface area is 209 Å². The van der Waals surface area contributed by atoms with Gasteiger partial charge in [0.15, 0.2) is 0 Å². The van der Waals surface area contributed by atoms with E-state index in [0.717, 1.165) is 22.0 Å². The highest BCUT2D eigenvalue weighted by Gasteiger charge is 2.30. The van der Waals surface area contributed by atoms with E-state index in [1.807, 2.05) is 30.3 Å². The van der Waals surface area contributed by atoms with Crippen molar-refractivity contribution in [3.05, 3.63) is 71.4 Å². The van der Waals surface area contributed by atoms with Gasteiger partial charge in [-0.2, -0.15) is 5.26 Å². The van der Waals surface area contributed by atoms with Gasteiger partial charge in [0, 0.05) is 29.9 Å². The zero-order valence-corrected chi connectivity index (χ0v) is 20.8. The van der Waals surface area contributed by atoms with Crippen LogP contribution in [0.15, 0.2) is 54.7 Å². The first kappa shape index (κ1) is 26.3. The number of fused-ring (bicyclic) bond motifs is 1. The average Bonchev–Trinajstić information content (AvgIpc) is 3.24. The Bertz CT molecular complexity index is 1270. The lowest BCUT2D eigenvalue weighted by molar-refractivity contribution is -0.145. The van der Waals surface area contributed by atoms with Crippen LogP contribution in [-0.4, -0.2) is 47.7 Å². The summed E-state index contributed by atoms with van der Waals surface area (Å²) in [7, 11) is 1.24. The number of alkyl carbamates (subject to hydrolysis) is 1. The molecule has 0 unspecified atom stereocenters. The molecule has 2 atom stereocenters. The van der Waals surface area contributed by atoms with Gasteiger partial charge in [-0.1, -0.05) is 30.3 Å². The van der Waals surface area contributed by atoms with Crippen LogP contribution in [0.5, 0.6) is 0 Å². The van der Waals surface area contributed by atoms with Crippen molar-refractivity contribution in [3.63, 3.8) is 0 Å². The fourth-order valence-electron chi connectivity index (χ4n) is 3.74. The standard InChI is InChI=1S/C27H30N4O5/c1-27(2,3)36-26(34)31-22(14-19-16-29-21-8-6-5-7-20(19)21)24(32)30-23(25(33)35-4)13-17-9-11-18(15-28)12-10-17/h5-12,16,22-23,29H,13-14H2,1-4H3,(H,30,32)(H,31,34)/t22-,23-/m0/s1. The molecule has 188 valence electrons. The fourth-order valence-corrected chi connectivity index (χ4v) is 3.74. The number of aromatic nitrogens is 1. The smallest absolute Gasteiger partial charge is 0.408 e. The van der Waals surface area contributed by atoms with Crippen molar-refractivity contribution < 1.29 is 23.9 Å². The first-order chi connectivity index (χ1) is 17.1. The van der Waals surface area contributed by atoms with E-state index in [2.05, 4.69) is 15.6 Å². The monoisotopic (exact) mass is 490 g/mol. The number of H-pyrrole nitrogens is 1. The van der Waals surface area contributed by atoms with Crippen LogP contribution in [-0.2, 0) is 31.9 Å². The molecule has 2 aromatic carbocycles. The van der Waals surface area contributed by atoms with Gasteiger partial charge < -0.3 is 25.1 Å². The Morgan fingerprint density at radius 3 is 2.33 bits per heavy atom. The summed E-state index contributed by atoms with van der Waals surface area (Å²) >= 11 is 0. The van der Waals surface area contributed by atoms with E-state index in [-0.39, 0.29) is 12.8 Å². The van der Waals surface area contributed by atoms with Crippen LogP contribution in [0.4, 0.5) is 4.79 Å². The zero-order chi connectivity index (χ0) is 26.3. The number of amides is 2. The summed E-state index contributed by atoms with van der Waals surface area (Å²) in [6.07, 6.45) is 1.36. The zero-order valence-electron chi connectivity index (χ0n) is 20.8. The molecule has 0 aliphatic heterocycles. The third kappa shape index (κ3) is 7.09. The van der Waals surface area contributed by atoms with E-state index in [1.165, 1.54) is 7.11 Å². The maximum Gasteiger partial charge on any atom is 0.408 e. The first-order valence-corrected chi connectivity index (χ1v) is 11.5. The molecule has 0 bridgehead atoms. The summed E-state index contributed by atoms with van der Waals surface area (Å²) in [5, 5.41) is 15.3. The number of carbonyl (C=O) groups is 3. The molecule has 0 radical (unpaired) electrons. The van der Waals surface area contributed by atoms with Gasteiger partial charge in [0.25, 0.3) is 0 Å². The number of aromatic amines is 1. The Morgan fingerprint density at radius 2 is 1.69 bits per heavy atom. The predicted octanol–water partition coefficient (Wildman–Crippen LogP) is 3.38. The van der Waals surface area contributed by atoms with Gasteiger partial charge in [-0.15, -0.1) is 0 Å². The van der Waals surface area contributed by atoms with Crippen LogP contribution >= 0.6 is 0 Å². The van der Waals surface area contributed by atoms with Crippen molar-refractivity contribution in [2.75, 3.05) is 7.11 Å². The van der Waals surface area contributed by atoms with Crippen LogP contribution in [0.1, 0.15) is 37.5 Å². The van der Waals surface area contributed by atoms with Crippen molar-refractivity contribution in [3.8, 4) is 6.07 Å². The van der Waals surface area contributed by atoms with Crippen LogP contribution in [0.2, 0.25) is 0 Å². The lowest BCUT2D eigenvalue weighted by atomic mass is 10.0. The Morgan fingerprint density at radius 1 is 1.00 bits per heavy atom. The number of hydrogen-bond donors (Lipinski definition) is 3. The third-order valence-electron chi connectivity index (χ3n) is 5.43. The molecule has 1 heterocycles. The molecule has 0 aliphatic carbocycles. The normalized spacial score (nSPS) is 12.8. The lowest BCUT2D eigenvalue weighted by Crippen LogP contribution is -2.53. The molecule has 2 amide bonds. The van der Waals surface area contributed by atoms with Gasteiger partial charge in [0.05, 0.1) is 18.7 Å². The van der Waals surface area contributed by atoms with Crippen LogP contribution in [0, 0.1) is 11.3 Å². The van der Waals surface area contributed by atoms with Crippen LogP contribution in [0.25, 0.3) is 10.9 Å². The minimum absolute atomic E-state index is 0.149. The molecule has 3 rings (SSSR count). The van der Waals surface area contributed by atoms with Gasteiger partial charge >= 0.3 is 12.1 Å². The van der Waals surface area contributed by atoms with Gasteiger partial charge in [0.2, 0.25) is 5.91 Å². The Kier molecular flexibility index (Phi) is 8.33. The number of nitriles is 1. The van der Waals surface area contributed by atoms with E-state index in [1.54, 1.807) is 51.2 Å². The van der Waals surface area contributed by atoms with Crippen LogP contribution in [0.3, 0.4) is 0 Å². The number of hydrogen-bond acceptors (Lipinski definition) is 6. The molecule has 0 fully saturated rings. The summed E-state index contributed by atoms with van der Waals surface area (Å²) < 4.78 is 10.3. The van der Waals surface area contributed by atoms with Gasteiger partial charge in [-0.25, -0.2) is 9.59 Å². The summed E-state index contributed by atoms with van der Waals surface area (Å²) in [4.78, 5) is 41.6. The molecular weight excluding hydrogens is 460 g/mol. The van der Waals surface area contributed by atoms with Crippen molar-refractivity contribution in [1.82, 2.24) is 15.6 Å². The summed E-state index contributed by atoms with van der Waals surface area (Å²) in [5.41, 5.74) is 2.19. The van der Waals surface area contributed by atoms with Crippen molar-refractivity contribution in [2.24, 2.45) is 0 Å². The quantitative estimate of drug-likeness (QED) is 0.415. The van der Waals surface area contributed by atoms with Crippen molar-refractivity contribution >= 4 is 28.9 Å². The molecule has 1 aromatic heterocycles. The fraction of sp³-hybridized carbons (Fsp3) is 0.333. The summed E-state index contributed by atoms with van der Waals surface area (Å²) in [6, 6.07) is 14.3. The predicted molar refractivity (Wildman–Crippen MR) is 134 cm³/mol. The number of nitrogens with zero attached hydrogens (tertiary/aromatic N) is 1. The number of ether oxygens (including phenoxy) is 2. The van der Waals surface area contributed by atoms with E-state index in [0.29, 0.717) is 5.56 Å². The maximum absolute atomic E-state index is 13.4. The molecular formula is C27H30N4O5. The highest BCUT2D eigenvalue weighted by atomic mass is 16.6. The highest BCUT2D eigenvalue weighted by molar-refractivity contribution is 5.91. The molecule has 9 nitrogen and oxygen atoms in total. The molecule has 0 spiro atoms. The van der Waals surface area contributed by atoms with Gasteiger partial charge in [-0.3, -0.25) is 4.79 Å². The second-order valence-corrected chi connectivity index (χ2v) is 9.36. The number of esters is 1. The van der Waals surface area contributed by atoms with Gasteiger partial charge in [0.1, 0.15) is 17.7 Å². The maximum atomic E-state index is 13.4. The number of nitrogens with one attached hydrogen (secondary N) is 3. The van der Waals surface area contributed by atoms with E-state index in [9.17, 15) is 14.4 Å². The first-order valence-electron chi connectivity index (χ1n) is 11.5. The Hall–Kier alpha value is -4.32. The minimum atomic E-state index is -1.02. The minimum Gasteiger partial charge on any atom is -0.467 e. The van der Waals surface area contributed by atoms with E-state index < -0.39 is 35.7 Å². The van der Waals surface area contributed by atoms with E-state index in [4.69, 9.17) is 14.7 Å². The van der Waals surface area contributed by atoms with E-state index >= 15 is 0 Å². The lowest BCUT2D eigenvalue weighted by Gasteiger charge is -2.25. The summed E-state index contributed by atoms with van der Waals surface area (Å²) in [5.74, 6) is -1.19. The number of rotatable bonds is 8. The molecule has 3 aromatic rings. The third-order valence-corrected chi connectivity index (χ3v) is 5.43. The Balaban J connectivity index is 1.83. The van der Waals surface area contributed by atoms with Crippen molar-refractivity contribution in [1.29, 1.82) is 5.26 Å². The largest absolute Gasteiger partial charge is 0.467 e. The molecule has 3 N–H and O–H groups in total.